The van der Waals surface area contributed by atoms with Crippen molar-refractivity contribution in [2.75, 3.05) is 39.9 Å². The number of likely N-dealkylation sites (tertiary alicyclic amines) is 1. The predicted octanol–water partition coefficient (Wildman–Crippen LogP) is 2.77. The van der Waals surface area contributed by atoms with Gasteiger partial charge >= 0.3 is 0 Å². The minimum absolute atomic E-state index is 0. The molecule has 0 aromatic rings. The lowest BCUT2D eigenvalue weighted by atomic mass is 9.71. The van der Waals surface area contributed by atoms with Gasteiger partial charge in [-0.05, 0) is 57.0 Å². The fraction of sp³-hybridized carbons (Fsp3) is 0.833. The van der Waals surface area contributed by atoms with Crippen molar-refractivity contribution in [3.05, 3.63) is 11.6 Å². The number of allylic oxidation sites excluding steroid dienone is 1. The summed E-state index contributed by atoms with van der Waals surface area (Å²) in [6.07, 6.45) is 10.1. The molecule has 23 heavy (non-hydrogen) atoms. The lowest BCUT2D eigenvalue weighted by molar-refractivity contribution is -0.130. The van der Waals surface area contributed by atoms with Crippen LogP contribution < -0.4 is 5.32 Å². The number of hydrogen-bond acceptors (Lipinski definition) is 3. The maximum atomic E-state index is 12.7. The Hall–Kier alpha value is -0.580. The predicted molar refractivity (Wildman–Crippen MR) is 94.9 cm³/mol. The first-order chi connectivity index (χ1) is 10.7. The second kappa shape index (κ2) is 8.50. The van der Waals surface area contributed by atoms with Crippen LogP contribution in [-0.2, 0) is 9.53 Å². The Labute approximate surface area is 146 Å². The number of methoxy groups -OCH3 is 1. The highest BCUT2D eigenvalue weighted by Crippen LogP contribution is 2.43. The molecule has 2 fully saturated rings. The molecule has 1 atom stereocenters. The summed E-state index contributed by atoms with van der Waals surface area (Å²) in [6.45, 7) is 4.77. The highest BCUT2D eigenvalue weighted by molar-refractivity contribution is 5.85. The van der Waals surface area contributed by atoms with Crippen LogP contribution in [-0.4, -0.2) is 50.7 Å². The molecule has 132 valence electrons. The maximum Gasteiger partial charge on any atom is 0.226 e. The summed E-state index contributed by atoms with van der Waals surface area (Å²) in [5.41, 5.74) is 1.66. The van der Waals surface area contributed by atoms with E-state index in [9.17, 15) is 4.79 Å². The SMILES string of the molecule is COCC1CN(C(=O)CC2=CCCCC2)CC12CCNCC2.Cl. The minimum Gasteiger partial charge on any atom is -0.384 e. The molecule has 1 N–H and O–H groups in total. The van der Waals surface area contributed by atoms with Gasteiger partial charge in [-0.1, -0.05) is 11.6 Å². The highest BCUT2D eigenvalue weighted by atomic mass is 35.5. The molecule has 1 amide bonds. The van der Waals surface area contributed by atoms with Gasteiger partial charge in [-0.2, -0.15) is 0 Å². The summed E-state index contributed by atoms with van der Waals surface area (Å²) < 4.78 is 5.46. The van der Waals surface area contributed by atoms with E-state index in [0.29, 0.717) is 18.2 Å². The van der Waals surface area contributed by atoms with Crippen LogP contribution in [0.2, 0.25) is 0 Å². The maximum absolute atomic E-state index is 12.7. The summed E-state index contributed by atoms with van der Waals surface area (Å²) in [6, 6.07) is 0. The van der Waals surface area contributed by atoms with E-state index in [0.717, 1.165) is 45.6 Å². The van der Waals surface area contributed by atoms with Crippen molar-refractivity contribution in [2.45, 2.75) is 44.9 Å². The van der Waals surface area contributed by atoms with Gasteiger partial charge in [-0.3, -0.25) is 4.79 Å². The summed E-state index contributed by atoms with van der Waals surface area (Å²) in [5, 5.41) is 3.45. The smallest absolute Gasteiger partial charge is 0.226 e. The van der Waals surface area contributed by atoms with E-state index in [2.05, 4.69) is 16.3 Å². The monoisotopic (exact) mass is 342 g/mol. The van der Waals surface area contributed by atoms with Gasteiger partial charge in [0.2, 0.25) is 5.91 Å². The zero-order valence-electron chi connectivity index (χ0n) is 14.3. The lowest BCUT2D eigenvalue weighted by Crippen LogP contribution is -2.43. The molecule has 4 nitrogen and oxygen atoms in total. The summed E-state index contributed by atoms with van der Waals surface area (Å²) in [5.74, 6) is 0.841. The third-order valence-corrected chi connectivity index (χ3v) is 5.90. The van der Waals surface area contributed by atoms with Crippen LogP contribution >= 0.6 is 12.4 Å². The second-order valence-corrected chi connectivity index (χ2v) is 7.32. The molecule has 2 heterocycles. The average Bonchev–Trinajstić information content (AvgIpc) is 2.88. The molecule has 0 aromatic heterocycles. The molecule has 2 saturated heterocycles. The molecule has 3 aliphatic rings. The van der Waals surface area contributed by atoms with E-state index in [4.69, 9.17) is 4.74 Å². The van der Waals surface area contributed by atoms with Gasteiger partial charge in [0.05, 0.1) is 6.61 Å². The molecular formula is C18H31ClN2O2. The highest BCUT2D eigenvalue weighted by Gasteiger charge is 2.47. The van der Waals surface area contributed by atoms with Crippen molar-refractivity contribution >= 4 is 18.3 Å². The molecule has 0 saturated carbocycles. The number of amides is 1. The number of carbonyl (C=O) groups is 1. The number of piperidine rings is 1. The fourth-order valence-electron chi connectivity index (χ4n) is 4.52. The number of hydrogen-bond donors (Lipinski definition) is 1. The van der Waals surface area contributed by atoms with Gasteiger partial charge < -0.3 is 15.0 Å². The van der Waals surface area contributed by atoms with E-state index < -0.39 is 0 Å². The number of halogens is 1. The Morgan fingerprint density at radius 2 is 2.17 bits per heavy atom. The molecule has 0 radical (unpaired) electrons. The van der Waals surface area contributed by atoms with Crippen LogP contribution in [0.5, 0.6) is 0 Å². The quantitative estimate of drug-likeness (QED) is 0.799. The number of rotatable bonds is 4. The standard InChI is InChI=1S/C18H30N2O2.ClH/c1-22-13-16-12-20(14-18(16)7-9-19-10-8-18)17(21)11-15-5-3-2-4-6-15;/h5,16,19H,2-4,6-14H2,1H3;1H. The third kappa shape index (κ3) is 4.28. The van der Waals surface area contributed by atoms with Crippen LogP contribution in [0.3, 0.4) is 0 Å². The number of nitrogens with one attached hydrogen (secondary N) is 1. The normalized spacial score (nSPS) is 26.7. The second-order valence-electron chi connectivity index (χ2n) is 7.32. The van der Waals surface area contributed by atoms with Gasteiger partial charge in [0.15, 0.2) is 0 Å². The molecule has 1 unspecified atom stereocenters. The zero-order chi connectivity index (χ0) is 15.4. The minimum atomic E-state index is 0. The molecular weight excluding hydrogens is 312 g/mol. The van der Waals surface area contributed by atoms with Gasteiger partial charge in [-0.25, -0.2) is 0 Å². The summed E-state index contributed by atoms with van der Waals surface area (Å²) in [4.78, 5) is 14.8. The van der Waals surface area contributed by atoms with E-state index in [-0.39, 0.29) is 17.8 Å². The molecule has 0 aromatic carbocycles. The molecule has 1 spiro atoms. The van der Waals surface area contributed by atoms with Crippen LogP contribution in [0.25, 0.3) is 0 Å². The van der Waals surface area contributed by atoms with Crippen LogP contribution in [0.15, 0.2) is 11.6 Å². The summed E-state index contributed by atoms with van der Waals surface area (Å²) >= 11 is 0. The fourth-order valence-corrected chi connectivity index (χ4v) is 4.52. The first kappa shape index (κ1) is 18.8. The van der Waals surface area contributed by atoms with Crippen molar-refractivity contribution in [1.29, 1.82) is 0 Å². The van der Waals surface area contributed by atoms with Crippen LogP contribution in [0.1, 0.15) is 44.9 Å². The number of carbonyl (C=O) groups excluding carboxylic acids is 1. The van der Waals surface area contributed by atoms with E-state index in [1.807, 2.05) is 0 Å². The Kier molecular flexibility index (Phi) is 6.93. The first-order valence-electron chi connectivity index (χ1n) is 8.89. The van der Waals surface area contributed by atoms with Gasteiger partial charge in [-0.15, -0.1) is 12.4 Å². The van der Waals surface area contributed by atoms with Gasteiger partial charge in [0, 0.05) is 32.5 Å². The van der Waals surface area contributed by atoms with Crippen molar-refractivity contribution in [3.8, 4) is 0 Å². The van der Waals surface area contributed by atoms with E-state index in [1.165, 1.54) is 31.3 Å². The van der Waals surface area contributed by atoms with Crippen LogP contribution in [0, 0.1) is 11.3 Å². The number of ether oxygens (including phenoxy) is 1. The molecule has 1 aliphatic carbocycles. The number of nitrogens with zero attached hydrogens (tertiary/aromatic N) is 1. The Balaban J connectivity index is 0.00000192. The van der Waals surface area contributed by atoms with E-state index in [1.54, 1.807) is 7.11 Å². The van der Waals surface area contributed by atoms with Gasteiger partial charge in [0.25, 0.3) is 0 Å². The third-order valence-electron chi connectivity index (χ3n) is 5.90. The lowest BCUT2D eigenvalue weighted by Gasteiger charge is -2.38. The van der Waals surface area contributed by atoms with Crippen molar-refractivity contribution in [2.24, 2.45) is 11.3 Å². The Morgan fingerprint density at radius 3 is 2.83 bits per heavy atom. The molecule has 5 heteroatoms. The summed E-state index contributed by atoms with van der Waals surface area (Å²) in [7, 11) is 1.78. The van der Waals surface area contributed by atoms with Gasteiger partial charge in [0.1, 0.15) is 0 Å². The molecule has 2 aliphatic heterocycles. The van der Waals surface area contributed by atoms with E-state index >= 15 is 0 Å². The largest absolute Gasteiger partial charge is 0.384 e. The average molecular weight is 343 g/mol. The molecule has 0 bridgehead atoms. The Bertz CT molecular complexity index is 433. The van der Waals surface area contributed by atoms with Crippen molar-refractivity contribution in [3.63, 3.8) is 0 Å². The molecule has 3 rings (SSSR count). The van der Waals surface area contributed by atoms with Crippen molar-refractivity contribution < 1.29 is 9.53 Å². The topological polar surface area (TPSA) is 41.6 Å². The van der Waals surface area contributed by atoms with Crippen molar-refractivity contribution in [1.82, 2.24) is 10.2 Å². The first-order valence-corrected chi connectivity index (χ1v) is 8.89. The zero-order valence-corrected chi connectivity index (χ0v) is 15.1. The van der Waals surface area contributed by atoms with Crippen LogP contribution in [0.4, 0.5) is 0 Å². The Morgan fingerprint density at radius 1 is 1.39 bits per heavy atom.